The summed E-state index contributed by atoms with van der Waals surface area (Å²) in [6.45, 7) is 14.7. The molecule has 0 saturated heterocycles. The first kappa shape index (κ1) is 11.4. The van der Waals surface area contributed by atoms with Gasteiger partial charge in [0.1, 0.15) is 5.82 Å². The molecule has 0 unspecified atom stereocenters. The summed E-state index contributed by atoms with van der Waals surface area (Å²) in [6, 6.07) is 0. The average Bonchev–Trinajstić information content (AvgIpc) is 2.04. The lowest BCUT2D eigenvalue weighted by atomic mass is 10.4. The van der Waals surface area contributed by atoms with E-state index in [1.807, 2.05) is 19.9 Å². The van der Waals surface area contributed by atoms with Gasteiger partial charge in [-0.2, -0.15) is 0 Å². The Hall–Kier alpha value is -1.57. The molecular formula is C11H16N2. The third-order valence-corrected chi connectivity index (χ3v) is 1.32. The lowest BCUT2D eigenvalue weighted by Crippen LogP contribution is -2.08. The quantitative estimate of drug-likeness (QED) is 0.505. The molecule has 2 heteroatoms. The Bertz CT molecular complexity index is 270. The first-order chi connectivity index (χ1) is 6.10. The fraction of sp³-hybridized carbons (Fsp3) is 0.182. The van der Waals surface area contributed by atoms with Crippen LogP contribution in [-0.4, -0.2) is 5.71 Å². The topological polar surface area (TPSA) is 24.4 Å². The summed E-state index contributed by atoms with van der Waals surface area (Å²) in [6.07, 6.45) is 5.24. The summed E-state index contributed by atoms with van der Waals surface area (Å²) >= 11 is 0. The van der Waals surface area contributed by atoms with Crippen LogP contribution in [0.25, 0.3) is 0 Å². The Kier molecular flexibility index (Phi) is 5.28. The molecule has 13 heavy (non-hydrogen) atoms. The molecule has 1 N–H and O–H groups in total. The van der Waals surface area contributed by atoms with Crippen molar-refractivity contribution in [3.63, 3.8) is 0 Å². The third-order valence-electron chi connectivity index (χ3n) is 1.32. The number of hydrogen-bond acceptors (Lipinski definition) is 2. The Morgan fingerprint density at radius 3 is 2.38 bits per heavy atom. The highest BCUT2D eigenvalue weighted by Crippen LogP contribution is 1.95. The summed E-state index contributed by atoms with van der Waals surface area (Å²) < 4.78 is 0. The molecule has 0 aliphatic rings. The van der Waals surface area contributed by atoms with Crippen molar-refractivity contribution in [1.82, 2.24) is 5.32 Å². The molecule has 0 heterocycles. The molecule has 0 radical (unpaired) electrons. The summed E-state index contributed by atoms with van der Waals surface area (Å²) in [5.74, 6) is 0.605. The monoisotopic (exact) mass is 176 g/mol. The van der Waals surface area contributed by atoms with E-state index in [0.717, 1.165) is 11.4 Å². The number of nitrogens with one attached hydrogen (secondary N) is 1. The van der Waals surface area contributed by atoms with E-state index >= 15 is 0 Å². The summed E-state index contributed by atoms with van der Waals surface area (Å²) in [4.78, 5) is 4.14. The molecule has 0 spiro atoms. The molecule has 2 nitrogen and oxygen atoms in total. The lowest BCUT2D eigenvalue weighted by molar-refractivity contribution is 0.954. The van der Waals surface area contributed by atoms with Gasteiger partial charge in [0.05, 0.1) is 0 Å². The van der Waals surface area contributed by atoms with Crippen molar-refractivity contribution >= 4 is 5.71 Å². The number of allylic oxidation sites excluding steroid dienone is 4. The van der Waals surface area contributed by atoms with Crippen LogP contribution in [0.2, 0.25) is 0 Å². The molecular weight excluding hydrogens is 160 g/mol. The molecule has 0 saturated carbocycles. The van der Waals surface area contributed by atoms with Gasteiger partial charge in [-0.05, 0) is 26.0 Å². The van der Waals surface area contributed by atoms with Gasteiger partial charge in [-0.1, -0.05) is 25.8 Å². The van der Waals surface area contributed by atoms with Crippen molar-refractivity contribution in [2.24, 2.45) is 4.99 Å². The molecule has 0 aromatic rings. The smallest absolute Gasteiger partial charge is 0.123 e. The summed E-state index contributed by atoms with van der Waals surface area (Å²) in [5, 5.41) is 3.01. The van der Waals surface area contributed by atoms with Crippen LogP contribution in [-0.2, 0) is 0 Å². The van der Waals surface area contributed by atoms with Crippen LogP contribution < -0.4 is 5.32 Å². The molecule has 0 aromatic heterocycles. The predicted octanol–water partition coefficient (Wildman–Crippen LogP) is 2.78. The Balaban J connectivity index is 4.24. The van der Waals surface area contributed by atoms with Gasteiger partial charge in [0.2, 0.25) is 0 Å². The Morgan fingerprint density at radius 2 is 1.92 bits per heavy atom. The number of rotatable bonds is 5. The van der Waals surface area contributed by atoms with Crippen LogP contribution in [0.3, 0.4) is 0 Å². The Labute approximate surface area is 80.1 Å². The van der Waals surface area contributed by atoms with Crippen LogP contribution in [0.1, 0.15) is 13.8 Å². The normalized spacial score (nSPS) is 12.2. The number of hydrogen-bond donors (Lipinski definition) is 1. The maximum absolute atomic E-state index is 4.14. The second kappa shape index (κ2) is 6.00. The van der Waals surface area contributed by atoms with Gasteiger partial charge in [0.15, 0.2) is 0 Å². The van der Waals surface area contributed by atoms with Crippen molar-refractivity contribution < 1.29 is 0 Å². The molecule has 70 valence electrons. The van der Waals surface area contributed by atoms with Crippen LogP contribution >= 0.6 is 0 Å². The van der Waals surface area contributed by atoms with Gasteiger partial charge >= 0.3 is 0 Å². The molecule has 0 bridgehead atoms. The zero-order chi connectivity index (χ0) is 10.3. The van der Waals surface area contributed by atoms with Gasteiger partial charge in [0.25, 0.3) is 0 Å². The molecule has 0 fully saturated rings. The van der Waals surface area contributed by atoms with Gasteiger partial charge < -0.3 is 5.32 Å². The van der Waals surface area contributed by atoms with Crippen molar-refractivity contribution in [1.29, 1.82) is 0 Å². The average molecular weight is 176 g/mol. The number of aliphatic imine (C=N–C) groups is 1. The van der Waals surface area contributed by atoms with E-state index in [4.69, 9.17) is 0 Å². The molecule has 0 atom stereocenters. The highest BCUT2D eigenvalue weighted by atomic mass is 15.0. The minimum atomic E-state index is 0.605. The highest BCUT2D eigenvalue weighted by Gasteiger charge is 1.90. The predicted molar refractivity (Wildman–Crippen MR) is 59.5 cm³/mol. The van der Waals surface area contributed by atoms with Crippen molar-refractivity contribution in [3.8, 4) is 0 Å². The second-order valence-electron chi connectivity index (χ2n) is 2.61. The molecule has 0 aliphatic carbocycles. The van der Waals surface area contributed by atoms with E-state index < -0.39 is 0 Å². The van der Waals surface area contributed by atoms with Crippen LogP contribution in [0.4, 0.5) is 0 Å². The highest BCUT2D eigenvalue weighted by molar-refractivity contribution is 5.92. The molecule has 0 rings (SSSR count). The van der Waals surface area contributed by atoms with Crippen LogP contribution in [0.15, 0.2) is 54.5 Å². The third kappa shape index (κ3) is 5.67. The molecule has 0 amide bonds. The first-order valence-electron chi connectivity index (χ1n) is 4.03. The van der Waals surface area contributed by atoms with Crippen LogP contribution in [0.5, 0.6) is 0 Å². The largest absolute Gasteiger partial charge is 0.345 e. The zero-order valence-electron chi connectivity index (χ0n) is 8.30. The van der Waals surface area contributed by atoms with Crippen LogP contribution in [0, 0.1) is 0 Å². The Morgan fingerprint density at radius 1 is 1.31 bits per heavy atom. The SMILES string of the molecule is C=C/C=C(\C)NC(=C)/N=C(\C)C=C. The summed E-state index contributed by atoms with van der Waals surface area (Å²) in [5.41, 5.74) is 1.80. The van der Waals surface area contributed by atoms with Crippen molar-refractivity contribution in [2.45, 2.75) is 13.8 Å². The lowest BCUT2D eigenvalue weighted by Gasteiger charge is -2.04. The van der Waals surface area contributed by atoms with E-state index in [9.17, 15) is 0 Å². The van der Waals surface area contributed by atoms with Gasteiger partial charge in [0, 0.05) is 11.4 Å². The standard InChI is InChI=1S/C11H16N2/c1-6-8-10(4)13-11(5)12-9(3)7-2/h6-8,13H,1-2,5H2,3-4H3/b10-8+,12-9+. The van der Waals surface area contributed by atoms with E-state index in [1.54, 1.807) is 12.2 Å². The van der Waals surface area contributed by atoms with Gasteiger partial charge in [-0.25, -0.2) is 4.99 Å². The fourth-order valence-corrected chi connectivity index (χ4v) is 0.733. The second-order valence-corrected chi connectivity index (χ2v) is 2.61. The molecule has 0 aromatic carbocycles. The van der Waals surface area contributed by atoms with E-state index in [1.165, 1.54) is 0 Å². The minimum Gasteiger partial charge on any atom is -0.345 e. The van der Waals surface area contributed by atoms with E-state index in [0.29, 0.717) is 5.82 Å². The maximum Gasteiger partial charge on any atom is 0.123 e. The van der Waals surface area contributed by atoms with E-state index in [2.05, 4.69) is 30.0 Å². The van der Waals surface area contributed by atoms with E-state index in [-0.39, 0.29) is 0 Å². The van der Waals surface area contributed by atoms with Crippen molar-refractivity contribution in [2.75, 3.05) is 0 Å². The summed E-state index contributed by atoms with van der Waals surface area (Å²) in [7, 11) is 0. The van der Waals surface area contributed by atoms with Crippen molar-refractivity contribution in [3.05, 3.63) is 49.5 Å². The number of nitrogens with zero attached hydrogens (tertiary/aromatic N) is 1. The molecule has 0 aliphatic heterocycles. The fourth-order valence-electron chi connectivity index (χ4n) is 0.733. The van der Waals surface area contributed by atoms with Gasteiger partial charge in [-0.15, -0.1) is 0 Å². The van der Waals surface area contributed by atoms with Gasteiger partial charge in [-0.3, -0.25) is 0 Å². The first-order valence-corrected chi connectivity index (χ1v) is 4.03. The maximum atomic E-state index is 4.14. The zero-order valence-corrected chi connectivity index (χ0v) is 8.30. The minimum absolute atomic E-state index is 0.605.